The summed E-state index contributed by atoms with van der Waals surface area (Å²) >= 11 is 11.8. The predicted molar refractivity (Wildman–Crippen MR) is 59.1 cm³/mol. The number of carbonyl (C=O) groups excluding carboxylic acids is 1. The molecule has 6 heteroatoms. The van der Waals surface area contributed by atoms with Gasteiger partial charge in [0, 0.05) is 0 Å². The Morgan fingerprint density at radius 3 is 2.47 bits per heavy atom. The van der Waals surface area contributed by atoms with Crippen LogP contribution in [-0.4, -0.2) is 13.0 Å². The first kappa shape index (κ1) is 12.1. The minimum Gasteiger partial charge on any atom is -0.495 e. The van der Waals surface area contributed by atoms with Gasteiger partial charge in [-0.3, -0.25) is 4.79 Å². The van der Waals surface area contributed by atoms with E-state index in [2.05, 4.69) is 0 Å². The summed E-state index contributed by atoms with van der Waals surface area (Å²) < 4.78 is 4.95. The van der Waals surface area contributed by atoms with Crippen molar-refractivity contribution >= 4 is 29.1 Å². The van der Waals surface area contributed by atoms with E-state index in [9.17, 15) is 4.79 Å². The van der Waals surface area contributed by atoms with Gasteiger partial charge in [0.1, 0.15) is 16.8 Å². The molecule has 0 spiro atoms. The molecule has 1 aromatic rings. The van der Waals surface area contributed by atoms with Crippen LogP contribution >= 0.6 is 23.2 Å². The van der Waals surface area contributed by atoms with E-state index in [0.29, 0.717) is 11.3 Å². The molecule has 82 valence electrons. The molecule has 0 aliphatic rings. The zero-order valence-electron chi connectivity index (χ0n) is 7.96. The summed E-state index contributed by atoms with van der Waals surface area (Å²) in [7, 11) is 1.46. The second kappa shape index (κ2) is 4.70. The summed E-state index contributed by atoms with van der Waals surface area (Å²) in [5.41, 5.74) is 11.0. The molecule has 0 aliphatic heterocycles. The van der Waals surface area contributed by atoms with Gasteiger partial charge in [0.25, 0.3) is 0 Å². The number of benzene rings is 1. The highest BCUT2D eigenvalue weighted by Gasteiger charge is 2.19. The summed E-state index contributed by atoms with van der Waals surface area (Å²) in [6, 6.07) is 2.16. The fraction of sp³-hybridized carbons (Fsp3) is 0.222. The topological polar surface area (TPSA) is 78.3 Å². The molecular formula is C9H10Cl2N2O2. The highest BCUT2D eigenvalue weighted by Crippen LogP contribution is 2.36. The van der Waals surface area contributed by atoms with Gasteiger partial charge in [-0.1, -0.05) is 29.3 Å². The zero-order valence-corrected chi connectivity index (χ0v) is 9.47. The summed E-state index contributed by atoms with van der Waals surface area (Å²) in [6.07, 6.45) is 0. The van der Waals surface area contributed by atoms with E-state index >= 15 is 0 Å². The summed E-state index contributed by atoms with van der Waals surface area (Å²) in [5, 5.41) is 0.399. The Labute approximate surface area is 97.1 Å². The number of methoxy groups -OCH3 is 1. The number of amides is 1. The quantitative estimate of drug-likeness (QED) is 0.851. The molecular weight excluding hydrogens is 239 g/mol. The van der Waals surface area contributed by atoms with Crippen LogP contribution in [0.5, 0.6) is 5.75 Å². The van der Waals surface area contributed by atoms with Crippen LogP contribution in [-0.2, 0) is 4.79 Å². The van der Waals surface area contributed by atoms with Crippen molar-refractivity contribution in [2.75, 3.05) is 7.11 Å². The minimum absolute atomic E-state index is 0.183. The monoisotopic (exact) mass is 248 g/mol. The third-order valence-electron chi connectivity index (χ3n) is 1.94. The molecule has 0 fully saturated rings. The van der Waals surface area contributed by atoms with Crippen LogP contribution in [0.3, 0.4) is 0 Å². The number of halogens is 2. The normalized spacial score (nSPS) is 12.3. The third kappa shape index (κ3) is 2.34. The average molecular weight is 249 g/mol. The van der Waals surface area contributed by atoms with Gasteiger partial charge in [0.05, 0.1) is 12.1 Å². The molecule has 1 aromatic carbocycles. The Balaban J connectivity index is 3.23. The molecule has 1 atom stereocenters. The van der Waals surface area contributed by atoms with Gasteiger partial charge in [-0.2, -0.15) is 0 Å². The fourth-order valence-electron chi connectivity index (χ4n) is 1.10. The molecule has 1 unspecified atom stereocenters. The van der Waals surface area contributed by atoms with Crippen molar-refractivity contribution in [1.29, 1.82) is 0 Å². The lowest BCUT2D eigenvalue weighted by Gasteiger charge is -2.12. The Hall–Kier alpha value is -0.970. The van der Waals surface area contributed by atoms with Crippen molar-refractivity contribution in [2.45, 2.75) is 6.04 Å². The number of nitrogens with two attached hydrogens (primary N) is 2. The molecule has 0 bridgehead atoms. The molecule has 0 aliphatic carbocycles. The van der Waals surface area contributed by atoms with Crippen molar-refractivity contribution < 1.29 is 9.53 Å². The van der Waals surface area contributed by atoms with E-state index in [1.807, 2.05) is 0 Å². The predicted octanol–water partition coefficient (Wildman–Crippen LogP) is 1.49. The number of hydrogen-bond donors (Lipinski definition) is 2. The van der Waals surface area contributed by atoms with Crippen molar-refractivity contribution in [1.82, 2.24) is 0 Å². The zero-order chi connectivity index (χ0) is 11.6. The van der Waals surface area contributed by atoms with Crippen LogP contribution in [0.25, 0.3) is 0 Å². The second-order valence-electron chi connectivity index (χ2n) is 2.87. The van der Waals surface area contributed by atoms with Crippen molar-refractivity contribution in [3.63, 3.8) is 0 Å². The highest BCUT2D eigenvalue weighted by molar-refractivity contribution is 6.43. The lowest BCUT2D eigenvalue weighted by atomic mass is 10.1. The molecule has 0 saturated carbocycles. The number of carbonyl (C=O) groups is 1. The fourth-order valence-corrected chi connectivity index (χ4v) is 1.62. The Bertz CT molecular complexity index is 396. The maximum Gasteiger partial charge on any atom is 0.238 e. The molecule has 0 saturated heterocycles. The van der Waals surface area contributed by atoms with Crippen LogP contribution in [0, 0.1) is 0 Å². The van der Waals surface area contributed by atoms with Crippen LogP contribution in [0.15, 0.2) is 12.1 Å². The summed E-state index contributed by atoms with van der Waals surface area (Å²) in [5.74, 6) is -0.250. The van der Waals surface area contributed by atoms with E-state index in [1.165, 1.54) is 7.11 Å². The van der Waals surface area contributed by atoms with Gasteiger partial charge >= 0.3 is 0 Å². The number of rotatable bonds is 3. The van der Waals surface area contributed by atoms with Gasteiger partial charge in [0.15, 0.2) is 0 Å². The lowest BCUT2D eigenvalue weighted by Crippen LogP contribution is -2.28. The maximum atomic E-state index is 10.9. The minimum atomic E-state index is -0.971. The number of hydrogen-bond acceptors (Lipinski definition) is 3. The van der Waals surface area contributed by atoms with E-state index in [4.69, 9.17) is 39.4 Å². The maximum absolute atomic E-state index is 10.9. The van der Waals surface area contributed by atoms with Crippen molar-refractivity contribution in [2.24, 2.45) is 11.5 Å². The Kier molecular flexibility index (Phi) is 3.79. The molecule has 1 amide bonds. The second-order valence-corrected chi connectivity index (χ2v) is 3.62. The van der Waals surface area contributed by atoms with Crippen LogP contribution < -0.4 is 16.2 Å². The van der Waals surface area contributed by atoms with Gasteiger partial charge in [-0.15, -0.1) is 0 Å². The molecule has 1 rings (SSSR count). The van der Waals surface area contributed by atoms with Crippen molar-refractivity contribution in [3.05, 3.63) is 27.7 Å². The van der Waals surface area contributed by atoms with Crippen molar-refractivity contribution in [3.8, 4) is 5.75 Å². The van der Waals surface area contributed by atoms with E-state index < -0.39 is 11.9 Å². The average Bonchev–Trinajstić information content (AvgIpc) is 2.21. The Morgan fingerprint density at radius 1 is 1.40 bits per heavy atom. The summed E-state index contributed by atoms with van der Waals surface area (Å²) in [6.45, 7) is 0. The van der Waals surface area contributed by atoms with E-state index in [1.54, 1.807) is 12.1 Å². The standard InChI is InChI=1S/C9H10Cl2N2O2/c1-15-5-3-2-4(6(10)7(5)11)8(12)9(13)14/h2-3,8H,12H2,1H3,(H2,13,14). The number of ether oxygens (including phenoxy) is 1. The molecule has 15 heavy (non-hydrogen) atoms. The largest absolute Gasteiger partial charge is 0.495 e. The highest BCUT2D eigenvalue weighted by atomic mass is 35.5. The van der Waals surface area contributed by atoms with Gasteiger partial charge in [0.2, 0.25) is 5.91 Å². The first-order valence-corrected chi connectivity index (χ1v) is 4.81. The third-order valence-corrected chi connectivity index (χ3v) is 2.82. The first-order valence-electron chi connectivity index (χ1n) is 4.05. The molecule has 0 radical (unpaired) electrons. The van der Waals surface area contributed by atoms with E-state index in [-0.39, 0.29) is 10.0 Å². The van der Waals surface area contributed by atoms with Gasteiger partial charge in [-0.05, 0) is 11.6 Å². The van der Waals surface area contributed by atoms with Crippen LogP contribution in [0.1, 0.15) is 11.6 Å². The smallest absolute Gasteiger partial charge is 0.238 e. The Morgan fingerprint density at radius 2 is 2.00 bits per heavy atom. The molecule has 0 heterocycles. The SMILES string of the molecule is COc1ccc(C(N)C(N)=O)c(Cl)c1Cl. The molecule has 0 aromatic heterocycles. The molecule has 4 N–H and O–H groups in total. The van der Waals surface area contributed by atoms with Gasteiger partial charge in [-0.25, -0.2) is 0 Å². The summed E-state index contributed by atoms with van der Waals surface area (Å²) in [4.78, 5) is 10.9. The van der Waals surface area contributed by atoms with E-state index in [0.717, 1.165) is 0 Å². The number of primary amides is 1. The van der Waals surface area contributed by atoms with Crippen LogP contribution in [0.4, 0.5) is 0 Å². The van der Waals surface area contributed by atoms with Crippen LogP contribution in [0.2, 0.25) is 10.0 Å². The molecule has 4 nitrogen and oxygen atoms in total. The van der Waals surface area contributed by atoms with Gasteiger partial charge < -0.3 is 16.2 Å². The first-order chi connectivity index (χ1) is 6.99. The lowest BCUT2D eigenvalue weighted by molar-refractivity contribution is -0.119.